The van der Waals surface area contributed by atoms with Gasteiger partial charge in [0, 0.05) is 18.2 Å². The van der Waals surface area contributed by atoms with Gasteiger partial charge in [-0.3, -0.25) is 14.9 Å². The summed E-state index contributed by atoms with van der Waals surface area (Å²) in [7, 11) is 1.22. The minimum absolute atomic E-state index is 0.00489. The predicted molar refractivity (Wildman–Crippen MR) is 75.3 cm³/mol. The highest BCUT2D eigenvalue weighted by atomic mass is 79.9. The van der Waals surface area contributed by atoms with Gasteiger partial charge in [-0.05, 0) is 29.8 Å². The number of benzene rings is 1. The summed E-state index contributed by atoms with van der Waals surface area (Å²) in [6.07, 6.45) is 0. The van der Waals surface area contributed by atoms with E-state index >= 15 is 0 Å². The van der Waals surface area contributed by atoms with Crippen molar-refractivity contribution in [1.29, 1.82) is 0 Å². The summed E-state index contributed by atoms with van der Waals surface area (Å²) in [6, 6.07) is 1.87. The molecule has 6 nitrogen and oxygen atoms in total. The average molecular weight is 349 g/mol. The summed E-state index contributed by atoms with van der Waals surface area (Å²) in [5, 5.41) is 11.1. The number of nitro groups is 1. The summed E-state index contributed by atoms with van der Waals surface area (Å²) in [4.78, 5) is 23.3. The van der Waals surface area contributed by atoms with E-state index in [4.69, 9.17) is 0 Å². The first kappa shape index (κ1) is 16.4. The number of carbonyl (C=O) groups is 1. The molecule has 0 amide bonds. The van der Waals surface area contributed by atoms with Crippen molar-refractivity contribution >= 4 is 33.3 Å². The maximum absolute atomic E-state index is 13.7. The summed E-state index contributed by atoms with van der Waals surface area (Å²) in [6.45, 7) is 3.29. The third kappa shape index (κ3) is 3.66. The highest BCUT2D eigenvalue weighted by molar-refractivity contribution is 9.10. The smallest absolute Gasteiger partial charge is 0.325 e. The Bertz CT molecular complexity index is 536. The van der Waals surface area contributed by atoms with Crippen molar-refractivity contribution in [3.8, 4) is 0 Å². The van der Waals surface area contributed by atoms with Crippen molar-refractivity contribution in [1.82, 2.24) is 0 Å². The zero-order valence-corrected chi connectivity index (χ0v) is 12.8. The second kappa shape index (κ2) is 6.65. The van der Waals surface area contributed by atoms with Crippen LogP contribution >= 0.6 is 15.9 Å². The second-order valence-electron chi connectivity index (χ2n) is 4.31. The number of esters is 1. The molecule has 0 saturated carbocycles. The van der Waals surface area contributed by atoms with Crippen LogP contribution in [0.2, 0.25) is 0 Å². The van der Waals surface area contributed by atoms with E-state index in [-0.39, 0.29) is 28.4 Å². The molecular formula is C12H14BrFN2O4. The number of hydrogen-bond acceptors (Lipinski definition) is 5. The molecule has 0 N–H and O–H groups in total. The van der Waals surface area contributed by atoms with Gasteiger partial charge in [-0.2, -0.15) is 0 Å². The monoisotopic (exact) mass is 348 g/mol. The van der Waals surface area contributed by atoms with Crippen molar-refractivity contribution in [2.45, 2.75) is 19.9 Å². The Morgan fingerprint density at radius 1 is 1.55 bits per heavy atom. The molecular weight excluding hydrogens is 335 g/mol. The number of nitrogens with zero attached hydrogens (tertiary/aromatic N) is 2. The molecule has 0 aliphatic heterocycles. The fourth-order valence-corrected chi connectivity index (χ4v) is 1.98. The maximum atomic E-state index is 13.7. The molecule has 0 radical (unpaired) electrons. The minimum Gasteiger partial charge on any atom is -0.468 e. The van der Waals surface area contributed by atoms with Crippen LogP contribution in [0.15, 0.2) is 16.6 Å². The number of carbonyl (C=O) groups excluding carboxylic acids is 1. The predicted octanol–water partition coefficient (Wildman–Crippen LogP) is 2.88. The standard InChI is InChI=1S/C12H14BrFN2O4/c1-7(2)15(6-12(17)20-3)10-5-9(14)8(13)4-11(10)16(18)19/h4-5,7H,6H2,1-3H3. The molecule has 0 aliphatic carbocycles. The summed E-state index contributed by atoms with van der Waals surface area (Å²) < 4.78 is 18.2. The molecule has 8 heteroatoms. The second-order valence-corrected chi connectivity index (χ2v) is 5.16. The Balaban J connectivity index is 3.35. The van der Waals surface area contributed by atoms with Crippen molar-refractivity contribution in [2.75, 3.05) is 18.6 Å². The molecule has 1 aromatic carbocycles. The number of nitro benzene ring substituents is 1. The molecule has 1 aromatic rings. The molecule has 0 fully saturated rings. The third-order valence-electron chi connectivity index (χ3n) is 2.67. The van der Waals surface area contributed by atoms with E-state index in [1.54, 1.807) is 13.8 Å². The third-order valence-corrected chi connectivity index (χ3v) is 3.28. The van der Waals surface area contributed by atoms with Crippen LogP contribution in [0, 0.1) is 15.9 Å². The van der Waals surface area contributed by atoms with Gasteiger partial charge >= 0.3 is 5.97 Å². The Kier molecular flexibility index (Phi) is 5.43. The van der Waals surface area contributed by atoms with E-state index in [1.165, 1.54) is 12.0 Å². The lowest BCUT2D eigenvalue weighted by molar-refractivity contribution is -0.384. The van der Waals surface area contributed by atoms with Crippen LogP contribution < -0.4 is 4.90 Å². The SMILES string of the molecule is COC(=O)CN(c1cc(F)c(Br)cc1[N+](=O)[O-])C(C)C. The first-order valence-corrected chi connectivity index (χ1v) is 6.54. The van der Waals surface area contributed by atoms with Crippen LogP contribution in [0.1, 0.15) is 13.8 Å². The van der Waals surface area contributed by atoms with Crippen molar-refractivity contribution in [3.05, 3.63) is 32.5 Å². The molecule has 0 unspecified atom stereocenters. The zero-order chi connectivity index (χ0) is 15.4. The lowest BCUT2D eigenvalue weighted by Crippen LogP contribution is -2.36. The summed E-state index contributed by atoms with van der Waals surface area (Å²) in [5.74, 6) is -1.20. The maximum Gasteiger partial charge on any atom is 0.325 e. The van der Waals surface area contributed by atoms with Gasteiger partial charge in [0.1, 0.15) is 18.0 Å². The van der Waals surface area contributed by atoms with E-state index in [0.29, 0.717) is 0 Å². The Morgan fingerprint density at radius 3 is 2.60 bits per heavy atom. The molecule has 110 valence electrons. The summed E-state index contributed by atoms with van der Waals surface area (Å²) in [5.41, 5.74) is -0.244. The van der Waals surface area contributed by atoms with Crippen LogP contribution in [-0.2, 0) is 9.53 Å². The first-order chi connectivity index (χ1) is 9.27. The van der Waals surface area contributed by atoms with Crippen LogP contribution in [0.25, 0.3) is 0 Å². The lowest BCUT2D eigenvalue weighted by atomic mass is 10.2. The number of halogens is 2. The lowest BCUT2D eigenvalue weighted by Gasteiger charge is -2.27. The molecule has 0 heterocycles. The molecule has 0 saturated heterocycles. The Hall–Kier alpha value is -1.70. The van der Waals surface area contributed by atoms with E-state index in [0.717, 1.165) is 12.1 Å². The molecule has 0 spiro atoms. The normalized spacial score (nSPS) is 10.5. The number of hydrogen-bond donors (Lipinski definition) is 0. The number of rotatable bonds is 5. The minimum atomic E-state index is -0.638. The molecule has 0 atom stereocenters. The molecule has 0 aromatic heterocycles. The van der Waals surface area contributed by atoms with Crippen LogP contribution in [-0.4, -0.2) is 30.6 Å². The van der Waals surface area contributed by atoms with Crippen LogP contribution in [0.3, 0.4) is 0 Å². The number of ether oxygens (including phenoxy) is 1. The molecule has 1 rings (SSSR count). The Labute approximate surface area is 123 Å². The highest BCUT2D eigenvalue weighted by Gasteiger charge is 2.25. The number of anilines is 1. The van der Waals surface area contributed by atoms with E-state index in [1.807, 2.05) is 0 Å². The van der Waals surface area contributed by atoms with Gasteiger partial charge in [0.25, 0.3) is 5.69 Å². The van der Waals surface area contributed by atoms with Gasteiger partial charge in [0.2, 0.25) is 0 Å². The Morgan fingerprint density at radius 2 is 2.15 bits per heavy atom. The van der Waals surface area contributed by atoms with Gasteiger partial charge in [0.05, 0.1) is 16.5 Å². The van der Waals surface area contributed by atoms with Crippen molar-refractivity contribution in [2.24, 2.45) is 0 Å². The first-order valence-electron chi connectivity index (χ1n) is 5.74. The largest absolute Gasteiger partial charge is 0.468 e. The van der Waals surface area contributed by atoms with E-state index in [2.05, 4.69) is 20.7 Å². The molecule has 0 aliphatic rings. The quantitative estimate of drug-likeness (QED) is 0.464. The fourth-order valence-electron chi connectivity index (χ4n) is 1.65. The molecule has 20 heavy (non-hydrogen) atoms. The zero-order valence-electron chi connectivity index (χ0n) is 11.2. The van der Waals surface area contributed by atoms with E-state index in [9.17, 15) is 19.3 Å². The average Bonchev–Trinajstić information content (AvgIpc) is 2.37. The van der Waals surface area contributed by atoms with E-state index < -0.39 is 16.7 Å². The topological polar surface area (TPSA) is 72.7 Å². The van der Waals surface area contributed by atoms with Gasteiger partial charge in [-0.1, -0.05) is 0 Å². The van der Waals surface area contributed by atoms with Crippen molar-refractivity contribution in [3.63, 3.8) is 0 Å². The van der Waals surface area contributed by atoms with Gasteiger partial charge in [-0.15, -0.1) is 0 Å². The van der Waals surface area contributed by atoms with Gasteiger partial charge < -0.3 is 9.64 Å². The number of methoxy groups -OCH3 is 1. The fraction of sp³-hybridized carbons (Fsp3) is 0.417. The van der Waals surface area contributed by atoms with Gasteiger partial charge in [-0.25, -0.2) is 4.39 Å². The van der Waals surface area contributed by atoms with Crippen LogP contribution in [0.4, 0.5) is 15.8 Å². The van der Waals surface area contributed by atoms with Crippen molar-refractivity contribution < 1.29 is 18.8 Å². The van der Waals surface area contributed by atoms with Crippen LogP contribution in [0.5, 0.6) is 0 Å². The molecule has 0 bridgehead atoms. The highest BCUT2D eigenvalue weighted by Crippen LogP contribution is 2.34. The summed E-state index contributed by atoms with van der Waals surface area (Å²) >= 11 is 2.91. The van der Waals surface area contributed by atoms with Gasteiger partial charge in [0.15, 0.2) is 0 Å².